The van der Waals surface area contributed by atoms with Gasteiger partial charge in [0, 0.05) is 0 Å². The first-order valence-electron chi connectivity index (χ1n) is 6.04. The van der Waals surface area contributed by atoms with Crippen molar-refractivity contribution in [2.75, 3.05) is 0 Å². The molecule has 114 valence electrons. The van der Waals surface area contributed by atoms with Crippen molar-refractivity contribution in [3.8, 4) is 17.1 Å². The van der Waals surface area contributed by atoms with Crippen LogP contribution in [0.3, 0.4) is 0 Å². The Balaban J connectivity index is 0.000000309. The van der Waals surface area contributed by atoms with Gasteiger partial charge in [-0.15, -0.1) is 14.2 Å². The van der Waals surface area contributed by atoms with Gasteiger partial charge in [-0.2, -0.15) is 0 Å². The van der Waals surface area contributed by atoms with Crippen molar-refractivity contribution in [3.05, 3.63) is 66.2 Å². The van der Waals surface area contributed by atoms with E-state index in [1.165, 1.54) is 0 Å². The standard InChI is InChI=1S/C14H11N2S.ClHO4/c1-3-7-12(8-4-1)14-15-11-17-16(14)13-9-5-2-6-10-13;2-1(3,4)5/h1-11H;(H,2,3,4,5)/q+1;/p-1. The van der Waals surface area contributed by atoms with Crippen LogP contribution in [-0.2, 0) is 0 Å². The van der Waals surface area contributed by atoms with E-state index in [1.54, 1.807) is 11.5 Å². The Labute approximate surface area is 133 Å². The number of hydrogen-bond donors (Lipinski definition) is 0. The third-order valence-corrected chi connectivity index (χ3v) is 3.34. The second kappa shape index (κ2) is 7.41. The summed E-state index contributed by atoms with van der Waals surface area (Å²) in [6.45, 7) is 0. The van der Waals surface area contributed by atoms with Gasteiger partial charge in [-0.1, -0.05) is 36.4 Å². The number of rotatable bonds is 2. The van der Waals surface area contributed by atoms with Crippen LogP contribution in [0.4, 0.5) is 0 Å². The zero-order valence-electron chi connectivity index (χ0n) is 11.2. The lowest BCUT2D eigenvalue weighted by molar-refractivity contribution is -2.00. The van der Waals surface area contributed by atoms with Crippen LogP contribution in [0.5, 0.6) is 0 Å². The normalized spacial score (nSPS) is 10.7. The van der Waals surface area contributed by atoms with Crippen molar-refractivity contribution in [1.29, 1.82) is 0 Å². The summed E-state index contributed by atoms with van der Waals surface area (Å²) < 4.78 is 36.1. The molecular formula is C14H11ClN2O4S. The molecule has 0 spiro atoms. The predicted octanol–water partition coefficient (Wildman–Crippen LogP) is -1.67. The topological polar surface area (TPSA) is 109 Å². The fraction of sp³-hybridized carbons (Fsp3) is 0. The molecule has 8 heteroatoms. The van der Waals surface area contributed by atoms with E-state index in [0.717, 1.165) is 17.1 Å². The summed E-state index contributed by atoms with van der Waals surface area (Å²) in [6, 6.07) is 20.5. The Kier molecular flexibility index (Phi) is 5.56. The van der Waals surface area contributed by atoms with Crippen LogP contribution >= 0.6 is 11.5 Å². The Morgan fingerprint density at radius 2 is 1.32 bits per heavy atom. The van der Waals surface area contributed by atoms with Gasteiger partial charge >= 0.3 is 5.82 Å². The summed E-state index contributed by atoms with van der Waals surface area (Å²) in [7, 11) is -4.94. The molecule has 1 aromatic heterocycles. The third kappa shape index (κ3) is 5.15. The average Bonchev–Trinajstić information content (AvgIpc) is 2.97. The predicted molar refractivity (Wildman–Crippen MR) is 69.1 cm³/mol. The quantitative estimate of drug-likeness (QED) is 0.519. The van der Waals surface area contributed by atoms with E-state index >= 15 is 0 Å². The molecule has 2 aromatic carbocycles. The molecule has 22 heavy (non-hydrogen) atoms. The van der Waals surface area contributed by atoms with E-state index in [-0.39, 0.29) is 0 Å². The van der Waals surface area contributed by atoms with Crippen LogP contribution in [0.15, 0.2) is 66.2 Å². The van der Waals surface area contributed by atoms with E-state index in [4.69, 9.17) is 18.6 Å². The molecule has 0 unspecified atom stereocenters. The largest absolute Gasteiger partial charge is 0.347 e. The number of aromatic nitrogens is 2. The zero-order valence-corrected chi connectivity index (χ0v) is 12.7. The molecular weight excluding hydrogens is 328 g/mol. The number of halogens is 1. The van der Waals surface area contributed by atoms with Gasteiger partial charge in [0.1, 0.15) is 5.69 Å². The molecule has 0 radical (unpaired) electrons. The molecule has 0 fully saturated rings. The summed E-state index contributed by atoms with van der Waals surface area (Å²) in [5, 5.41) is 0. The summed E-state index contributed by atoms with van der Waals surface area (Å²) in [6.07, 6.45) is 0. The fourth-order valence-corrected chi connectivity index (χ4v) is 2.49. The minimum Gasteiger partial charge on any atom is -0.222 e. The monoisotopic (exact) mass is 338 g/mol. The maximum Gasteiger partial charge on any atom is 0.347 e. The highest BCUT2D eigenvalue weighted by Crippen LogP contribution is 2.15. The number of para-hydroxylation sites is 1. The summed E-state index contributed by atoms with van der Waals surface area (Å²) in [5.74, 6) is 0.988. The van der Waals surface area contributed by atoms with Gasteiger partial charge in [-0.3, -0.25) is 0 Å². The van der Waals surface area contributed by atoms with Crippen LogP contribution < -0.4 is 22.6 Å². The van der Waals surface area contributed by atoms with Crippen LogP contribution in [-0.4, -0.2) is 4.98 Å². The van der Waals surface area contributed by atoms with E-state index in [1.807, 2.05) is 41.9 Å². The first-order valence-corrected chi connectivity index (χ1v) is 8.11. The highest BCUT2D eigenvalue weighted by Gasteiger charge is 2.18. The number of benzene rings is 2. The summed E-state index contributed by atoms with van der Waals surface area (Å²) in [5.41, 5.74) is 4.15. The van der Waals surface area contributed by atoms with E-state index in [0.29, 0.717) is 0 Å². The van der Waals surface area contributed by atoms with Crippen LogP contribution in [0.2, 0.25) is 0 Å². The van der Waals surface area contributed by atoms with Crippen LogP contribution in [0, 0.1) is 10.2 Å². The highest BCUT2D eigenvalue weighted by molar-refractivity contribution is 6.99. The van der Waals surface area contributed by atoms with Gasteiger partial charge in [-0.25, -0.2) is 18.6 Å². The lowest BCUT2D eigenvalue weighted by Crippen LogP contribution is -2.68. The molecule has 0 amide bonds. The number of nitrogens with zero attached hydrogens (tertiary/aromatic N) is 2. The molecule has 3 rings (SSSR count). The number of hydrogen-bond acceptors (Lipinski definition) is 6. The maximum atomic E-state index is 8.49. The average molecular weight is 339 g/mol. The molecule has 3 aromatic rings. The lowest BCUT2D eigenvalue weighted by atomic mass is 10.2. The third-order valence-electron chi connectivity index (χ3n) is 2.54. The first kappa shape index (κ1) is 16.5. The Morgan fingerprint density at radius 1 is 0.818 bits per heavy atom. The van der Waals surface area contributed by atoms with E-state index in [2.05, 4.69) is 33.2 Å². The molecule has 0 aliphatic carbocycles. The van der Waals surface area contributed by atoms with Crippen molar-refractivity contribution in [3.63, 3.8) is 0 Å². The van der Waals surface area contributed by atoms with Crippen LogP contribution in [0.25, 0.3) is 17.1 Å². The molecule has 0 saturated heterocycles. The zero-order chi connectivity index (χ0) is 16.0. The molecule has 0 bridgehead atoms. The van der Waals surface area contributed by atoms with Crippen molar-refractivity contribution < 1.29 is 32.8 Å². The Bertz CT molecular complexity index is 642. The highest BCUT2D eigenvalue weighted by atomic mass is 35.7. The van der Waals surface area contributed by atoms with Crippen molar-refractivity contribution in [2.24, 2.45) is 0 Å². The van der Waals surface area contributed by atoms with Gasteiger partial charge in [0.25, 0.3) is 0 Å². The van der Waals surface area contributed by atoms with E-state index in [9.17, 15) is 0 Å². The van der Waals surface area contributed by atoms with E-state index < -0.39 is 10.2 Å². The molecule has 6 nitrogen and oxygen atoms in total. The van der Waals surface area contributed by atoms with Gasteiger partial charge in [0.05, 0.1) is 17.1 Å². The van der Waals surface area contributed by atoms with Crippen molar-refractivity contribution in [1.82, 2.24) is 4.98 Å². The molecule has 0 aliphatic heterocycles. The van der Waals surface area contributed by atoms with Crippen molar-refractivity contribution in [2.45, 2.75) is 0 Å². The van der Waals surface area contributed by atoms with Crippen molar-refractivity contribution >= 4 is 11.5 Å². The molecule has 0 saturated carbocycles. The lowest BCUT2D eigenvalue weighted by Gasteiger charge is -2.17. The molecule has 1 heterocycles. The second-order valence-corrected chi connectivity index (χ2v) is 5.58. The maximum absolute atomic E-state index is 8.49. The second-order valence-electron chi connectivity index (χ2n) is 4.04. The molecule has 0 atom stereocenters. The molecule has 0 N–H and O–H groups in total. The summed E-state index contributed by atoms with van der Waals surface area (Å²) >= 11 is 1.60. The smallest absolute Gasteiger partial charge is 0.222 e. The first-order chi connectivity index (χ1) is 10.4. The van der Waals surface area contributed by atoms with Crippen LogP contribution in [0.1, 0.15) is 0 Å². The Morgan fingerprint density at radius 3 is 1.86 bits per heavy atom. The summed E-state index contributed by atoms with van der Waals surface area (Å²) in [4.78, 5) is 4.44. The fourth-order valence-electron chi connectivity index (χ4n) is 1.75. The SMILES string of the molecule is [O-][Cl+3]([O-])([O-])[O-].c1ccc(-c2ncs[n+]2-c2ccccc2)cc1. The molecule has 0 aliphatic rings. The Hall–Kier alpha value is -1.87. The van der Waals surface area contributed by atoms with Gasteiger partial charge in [0.2, 0.25) is 5.51 Å². The minimum absolute atomic E-state index is 0.988. The van der Waals surface area contributed by atoms with Gasteiger partial charge < -0.3 is 0 Å². The van der Waals surface area contributed by atoms with Gasteiger partial charge in [0.15, 0.2) is 0 Å². The minimum atomic E-state index is -4.94. The van der Waals surface area contributed by atoms with Gasteiger partial charge in [-0.05, 0) is 29.2 Å².